The number of carboxylic acid groups (broad SMARTS) is 1. The average Bonchev–Trinajstić information content (AvgIpc) is 2.84. The number of aromatic nitrogens is 1. The van der Waals surface area contributed by atoms with Crippen LogP contribution in [0.25, 0.3) is 10.9 Å². The van der Waals surface area contributed by atoms with Gasteiger partial charge in [0.1, 0.15) is 23.9 Å². The molecule has 0 saturated heterocycles. The Morgan fingerprint density at radius 2 is 1.50 bits per heavy atom. The zero-order valence-electron chi connectivity index (χ0n) is 19.2. The van der Waals surface area contributed by atoms with Crippen molar-refractivity contribution in [3.8, 4) is 17.2 Å². The molecule has 0 fully saturated rings. The SMILES string of the molecule is CC(C)Oc1ccc(OC(Cc2ccc(OCc3cnc4ccccc4c3)cc2)C(=O)O)cc1. The van der Waals surface area contributed by atoms with Crippen molar-refractivity contribution in [1.29, 1.82) is 0 Å². The lowest BCUT2D eigenvalue weighted by molar-refractivity contribution is -0.145. The second-order valence-electron chi connectivity index (χ2n) is 8.26. The van der Waals surface area contributed by atoms with E-state index in [0.717, 1.165) is 22.0 Å². The topological polar surface area (TPSA) is 77.9 Å². The number of hydrogen-bond donors (Lipinski definition) is 1. The fraction of sp³-hybridized carbons (Fsp3) is 0.214. The van der Waals surface area contributed by atoms with Crippen LogP contribution in [0.2, 0.25) is 0 Å². The molecule has 0 amide bonds. The van der Waals surface area contributed by atoms with E-state index in [2.05, 4.69) is 11.1 Å². The van der Waals surface area contributed by atoms with Crippen LogP contribution in [0.4, 0.5) is 0 Å². The number of nitrogens with zero attached hydrogens (tertiary/aromatic N) is 1. The molecule has 0 aliphatic rings. The predicted molar refractivity (Wildman–Crippen MR) is 130 cm³/mol. The smallest absolute Gasteiger partial charge is 0.345 e. The fourth-order valence-electron chi connectivity index (χ4n) is 3.51. The summed E-state index contributed by atoms with van der Waals surface area (Å²) in [4.78, 5) is 16.2. The van der Waals surface area contributed by atoms with E-state index < -0.39 is 12.1 Å². The molecule has 6 heteroatoms. The van der Waals surface area contributed by atoms with Crippen molar-refractivity contribution in [2.24, 2.45) is 0 Å². The van der Waals surface area contributed by atoms with Crippen molar-refractivity contribution in [2.45, 2.75) is 39.1 Å². The van der Waals surface area contributed by atoms with Gasteiger partial charge in [0.25, 0.3) is 0 Å². The van der Waals surface area contributed by atoms with Crippen molar-refractivity contribution < 1.29 is 24.1 Å². The lowest BCUT2D eigenvalue weighted by Gasteiger charge is -2.16. The van der Waals surface area contributed by atoms with Gasteiger partial charge in [-0.1, -0.05) is 30.3 Å². The van der Waals surface area contributed by atoms with Crippen LogP contribution < -0.4 is 14.2 Å². The number of benzene rings is 3. The van der Waals surface area contributed by atoms with Crippen LogP contribution in [0.5, 0.6) is 17.2 Å². The van der Waals surface area contributed by atoms with Gasteiger partial charge in [-0.05, 0) is 67.9 Å². The van der Waals surface area contributed by atoms with Crippen LogP contribution in [0.1, 0.15) is 25.0 Å². The summed E-state index contributed by atoms with van der Waals surface area (Å²) < 4.78 is 17.2. The summed E-state index contributed by atoms with van der Waals surface area (Å²) in [5.74, 6) is 0.869. The van der Waals surface area contributed by atoms with Crippen LogP contribution >= 0.6 is 0 Å². The number of pyridine rings is 1. The number of hydrogen-bond acceptors (Lipinski definition) is 5. The summed E-state index contributed by atoms with van der Waals surface area (Å²) in [7, 11) is 0. The molecule has 1 unspecified atom stereocenters. The number of aliphatic carboxylic acids is 1. The summed E-state index contributed by atoms with van der Waals surface area (Å²) in [5, 5.41) is 10.7. The molecular formula is C28H27NO5. The molecule has 34 heavy (non-hydrogen) atoms. The minimum Gasteiger partial charge on any atom is -0.491 e. The van der Waals surface area contributed by atoms with Gasteiger partial charge in [0.15, 0.2) is 6.10 Å². The van der Waals surface area contributed by atoms with Crippen molar-refractivity contribution in [1.82, 2.24) is 4.98 Å². The molecule has 1 atom stereocenters. The molecule has 1 N–H and O–H groups in total. The van der Waals surface area contributed by atoms with E-state index in [-0.39, 0.29) is 12.5 Å². The van der Waals surface area contributed by atoms with Gasteiger partial charge < -0.3 is 19.3 Å². The van der Waals surface area contributed by atoms with Crippen molar-refractivity contribution in [3.63, 3.8) is 0 Å². The third-order valence-electron chi connectivity index (χ3n) is 5.15. The maximum atomic E-state index is 11.8. The van der Waals surface area contributed by atoms with Gasteiger partial charge in [-0.25, -0.2) is 4.79 Å². The Balaban J connectivity index is 1.34. The number of carboxylic acids is 1. The van der Waals surface area contributed by atoms with E-state index >= 15 is 0 Å². The quantitative estimate of drug-likeness (QED) is 0.330. The Morgan fingerprint density at radius 3 is 2.18 bits per heavy atom. The molecule has 4 aromatic rings. The molecule has 3 aromatic carbocycles. The summed E-state index contributed by atoms with van der Waals surface area (Å²) in [5.41, 5.74) is 2.77. The zero-order chi connectivity index (χ0) is 23.9. The Hall–Kier alpha value is -4.06. The first-order valence-corrected chi connectivity index (χ1v) is 11.2. The van der Waals surface area contributed by atoms with Gasteiger partial charge >= 0.3 is 5.97 Å². The van der Waals surface area contributed by atoms with Crippen LogP contribution in [0.15, 0.2) is 85.1 Å². The van der Waals surface area contributed by atoms with E-state index in [4.69, 9.17) is 14.2 Å². The van der Waals surface area contributed by atoms with Crippen molar-refractivity contribution in [3.05, 3.63) is 96.2 Å². The second kappa shape index (κ2) is 10.7. The largest absolute Gasteiger partial charge is 0.491 e. The number of carbonyl (C=O) groups is 1. The van der Waals surface area contributed by atoms with Crippen molar-refractivity contribution in [2.75, 3.05) is 0 Å². The zero-order valence-corrected chi connectivity index (χ0v) is 19.2. The molecule has 4 rings (SSSR count). The average molecular weight is 458 g/mol. The van der Waals surface area contributed by atoms with Gasteiger partial charge in [0.05, 0.1) is 11.6 Å². The molecule has 0 bridgehead atoms. The third-order valence-corrected chi connectivity index (χ3v) is 5.15. The number of fused-ring (bicyclic) bond motifs is 1. The first-order chi connectivity index (χ1) is 16.5. The molecule has 174 valence electrons. The summed E-state index contributed by atoms with van der Waals surface area (Å²) in [6, 6.07) is 24.4. The molecule has 1 aromatic heterocycles. The molecule has 0 radical (unpaired) electrons. The lowest BCUT2D eigenvalue weighted by atomic mass is 10.1. The van der Waals surface area contributed by atoms with Crippen LogP contribution in [-0.2, 0) is 17.8 Å². The van der Waals surface area contributed by atoms with Gasteiger partial charge in [-0.3, -0.25) is 4.98 Å². The Labute approximate surface area is 198 Å². The highest BCUT2D eigenvalue weighted by molar-refractivity contribution is 5.78. The van der Waals surface area contributed by atoms with Crippen LogP contribution in [0.3, 0.4) is 0 Å². The molecule has 6 nitrogen and oxygen atoms in total. The molecule has 1 heterocycles. The van der Waals surface area contributed by atoms with E-state index in [0.29, 0.717) is 23.9 Å². The van der Waals surface area contributed by atoms with E-state index in [9.17, 15) is 9.90 Å². The minimum atomic E-state index is -1.02. The Morgan fingerprint density at radius 1 is 0.853 bits per heavy atom. The molecular weight excluding hydrogens is 430 g/mol. The number of para-hydroxylation sites is 1. The second-order valence-corrected chi connectivity index (χ2v) is 8.26. The standard InChI is InChI=1S/C28H27NO5/c1-19(2)33-24-11-13-25(14-12-24)34-27(28(30)31)16-20-7-9-23(10-8-20)32-18-21-15-22-5-3-4-6-26(22)29-17-21/h3-15,17,19,27H,16,18H2,1-2H3,(H,30,31). The summed E-state index contributed by atoms with van der Waals surface area (Å²) in [6.07, 6.45) is 1.10. The van der Waals surface area contributed by atoms with Crippen LogP contribution in [0, 0.1) is 0 Å². The summed E-state index contributed by atoms with van der Waals surface area (Å²) >= 11 is 0. The summed E-state index contributed by atoms with van der Waals surface area (Å²) in [6.45, 7) is 4.29. The molecule has 0 spiro atoms. The minimum absolute atomic E-state index is 0.0646. The number of ether oxygens (including phenoxy) is 3. The highest BCUT2D eigenvalue weighted by atomic mass is 16.5. The van der Waals surface area contributed by atoms with Gasteiger partial charge in [0.2, 0.25) is 0 Å². The normalized spacial score (nSPS) is 11.9. The third kappa shape index (κ3) is 6.25. The molecule has 0 aliphatic carbocycles. The first-order valence-electron chi connectivity index (χ1n) is 11.2. The maximum Gasteiger partial charge on any atom is 0.345 e. The van der Waals surface area contributed by atoms with Crippen LogP contribution in [-0.4, -0.2) is 28.3 Å². The highest BCUT2D eigenvalue weighted by Gasteiger charge is 2.20. The van der Waals surface area contributed by atoms with Gasteiger partial charge in [-0.15, -0.1) is 0 Å². The van der Waals surface area contributed by atoms with Gasteiger partial charge in [0, 0.05) is 23.6 Å². The molecule has 0 saturated carbocycles. The predicted octanol–water partition coefficient (Wildman–Crippen LogP) is 5.68. The first kappa shape index (κ1) is 23.1. The number of rotatable bonds is 10. The molecule has 0 aliphatic heterocycles. The Kier molecular flexibility index (Phi) is 7.28. The van der Waals surface area contributed by atoms with E-state index in [1.807, 2.05) is 68.6 Å². The highest BCUT2D eigenvalue weighted by Crippen LogP contribution is 2.22. The fourth-order valence-corrected chi connectivity index (χ4v) is 3.51. The maximum absolute atomic E-state index is 11.8. The Bertz CT molecular complexity index is 1240. The van der Waals surface area contributed by atoms with E-state index in [1.165, 1.54) is 0 Å². The lowest BCUT2D eigenvalue weighted by Crippen LogP contribution is -2.29. The monoisotopic (exact) mass is 457 g/mol. The van der Waals surface area contributed by atoms with E-state index in [1.54, 1.807) is 24.3 Å². The van der Waals surface area contributed by atoms with Gasteiger partial charge in [-0.2, -0.15) is 0 Å². The van der Waals surface area contributed by atoms with Crippen molar-refractivity contribution >= 4 is 16.9 Å².